The average molecular weight is 408 g/mol. The van der Waals surface area contributed by atoms with E-state index in [1.165, 1.54) is 17.0 Å². The maximum Gasteiger partial charge on any atom is 0.416 e. The molecule has 0 aliphatic carbocycles. The highest BCUT2D eigenvalue weighted by Crippen LogP contribution is 2.32. The van der Waals surface area contributed by atoms with Gasteiger partial charge in [-0.25, -0.2) is 0 Å². The summed E-state index contributed by atoms with van der Waals surface area (Å²) in [6.45, 7) is 0.895. The third-order valence-corrected chi connectivity index (χ3v) is 4.78. The Bertz CT molecular complexity index is 708. The molecule has 2 fully saturated rings. The van der Waals surface area contributed by atoms with E-state index in [4.69, 9.17) is 10.5 Å². The first-order valence-electron chi connectivity index (χ1n) is 8.34. The quantitative estimate of drug-likeness (QED) is 0.801. The number of alkyl halides is 3. The molecule has 2 aliphatic rings. The largest absolute Gasteiger partial charge is 0.416 e. The second-order valence-corrected chi connectivity index (χ2v) is 6.70. The van der Waals surface area contributed by atoms with Gasteiger partial charge in [-0.2, -0.15) is 13.2 Å². The summed E-state index contributed by atoms with van der Waals surface area (Å²) in [6.07, 6.45) is -3.69. The molecule has 2 aliphatic heterocycles. The molecule has 3 rings (SSSR count). The summed E-state index contributed by atoms with van der Waals surface area (Å²) in [6, 6.07) is 4.10. The number of nitrogens with two attached hydrogens (primary N) is 1. The molecule has 1 atom stereocenters. The minimum atomic E-state index is -4.48. The second kappa shape index (κ2) is 8.04. The number of halogens is 4. The lowest BCUT2D eigenvalue weighted by molar-refractivity contribution is -0.137. The van der Waals surface area contributed by atoms with Gasteiger partial charge in [0.25, 0.3) is 0 Å². The van der Waals surface area contributed by atoms with Crippen LogP contribution in [0.15, 0.2) is 24.3 Å². The molecule has 1 unspecified atom stereocenters. The summed E-state index contributed by atoms with van der Waals surface area (Å²) in [5.74, 6) is -0.697. The molecule has 27 heavy (non-hydrogen) atoms. The van der Waals surface area contributed by atoms with Crippen LogP contribution in [0.1, 0.15) is 24.8 Å². The lowest BCUT2D eigenvalue weighted by Gasteiger charge is -2.32. The van der Waals surface area contributed by atoms with Crippen LogP contribution in [0, 0.1) is 0 Å². The number of hydrogen-bond donors (Lipinski definition) is 2. The summed E-state index contributed by atoms with van der Waals surface area (Å²) in [5.41, 5.74) is 4.42. The van der Waals surface area contributed by atoms with Crippen molar-refractivity contribution in [1.29, 1.82) is 0 Å². The number of hydrogen-bond acceptors (Lipinski definition) is 4. The molecule has 1 aromatic rings. The standard InChI is InChI=1S/C17H20F3N3O3.ClH/c18-17(19,20)11-2-1-3-13(8-11)23-10-12(9-14(23)24)22-15(25)16(21)4-6-26-7-5-16;/h1-3,8,12H,4-7,9-10,21H2,(H,22,25);1H. The van der Waals surface area contributed by atoms with E-state index in [2.05, 4.69) is 5.32 Å². The molecule has 150 valence electrons. The fraction of sp³-hybridized carbons (Fsp3) is 0.529. The van der Waals surface area contributed by atoms with E-state index in [-0.39, 0.29) is 42.9 Å². The van der Waals surface area contributed by atoms with Crippen LogP contribution in [0.2, 0.25) is 0 Å². The topological polar surface area (TPSA) is 84.7 Å². The van der Waals surface area contributed by atoms with Crippen molar-refractivity contribution in [2.45, 2.75) is 37.0 Å². The van der Waals surface area contributed by atoms with E-state index in [1.54, 1.807) is 0 Å². The van der Waals surface area contributed by atoms with Gasteiger partial charge < -0.3 is 20.7 Å². The Morgan fingerprint density at radius 1 is 1.30 bits per heavy atom. The van der Waals surface area contributed by atoms with E-state index >= 15 is 0 Å². The Morgan fingerprint density at radius 3 is 2.59 bits per heavy atom. The van der Waals surface area contributed by atoms with Crippen LogP contribution in [0.4, 0.5) is 18.9 Å². The molecule has 0 spiro atoms. The number of nitrogens with zero attached hydrogens (tertiary/aromatic N) is 1. The summed E-state index contributed by atoms with van der Waals surface area (Å²) in [5, 5.41) is 2.76. The fourth-order valence-electron chi connectivity index (χ4n) is 3.20. The third-order valence-electron chi connectivity index (χ3n) is 4.78. The number of amides is 2. The van der Waals surface area contributed by atoms with Gasteiger partial charge in [-0.1, -0.05) is 6.07 Å². The maximum atomic E-state index is 12.9. The van der Waals surface area contributed by atoms with Crippen LogP contribution in [0.25, 0.3) is 0 Å². The predicted octanol–water partition coefficient (Wildman–Crippen LogP) is 1.86. The van der Waals surface area contributed by atoms with Crippen molar-refractivity contribution < 1.29 is 27.5 Å². The van der Waals surface area contributed by atoms with Crippen molar-refractivity contribution in [2.75, 3.05) is 24.7 Å². The van der Waals surface area contributed by atoms with Crippen LogP contribution >= 0.6 is 12.4 Å². The minimum absolute atomic E-state index is 0. The molecule has 0 radical (unpaired) electrons. The van der Waals surface area contributed by atoms with Gasteiger partial charge in [-0.3, -0.25) is 9.59 Å². The van der Waals surface area contributed by atoms with Gasteiger partial charge in [0.05, 0.1) is 17.1 Å². The van der Waals surface area contributed by atoms with E-state index in [9.17, 15) is 22.8 Å². The van der Waals surface area contributed by atoms with Gasteiger partial charge in [-0.05, 0) is 31.0 Å². The molecule has 0 bridgehead atoms. The van der Waals surface area contributed by atoms with Crippen LogP contribution in [-0.2, 0) is 20.5 Å². The highest BCUT2D eigenvalue weighted by atomic mass is 35.5. The molecule has 2 amide bonds. The lowest BCUT2D eigenvalue weighted by atomic mass is 9.90. The van der Waals surface area contributed by atoms with E-state index in [0.717, 1.165) is 12.1 Å². The van der Waals surface area contributed by atoms with Crippen LogP contribution < -0.4 is 16.0 Å². The summed E-state index contributed by atoms with van der Waals surface area (Å²) in [7, 11) is 0. The highest BCUT2D eigenvalue weighted by molar-refractivity contribution is 5.97. The lowest BCUT2D eigenvalue weighted by Crippen LogP contribution is -2.59. The Morgan fingerprint density at radius 2 is 1.96 bits per heavy atom. The summed E-state index contributed by atoms with van der Waals surface area (Å²) < 4.78 is 43.8. The van der Waals surface area contributed by atoms with Crippen LogP contribution in [-0.4, -0.2) is 43.2 Å². The summed E-state index contributed by atoms with van der Waals surface area (Å²) >= 11 is 0. The number of benzene rings is 1. The van der Waals surface area contributed by atoms with Gasteiger partial charge in [0, 0.05) is 31.9 Å². The SMILES string of the molecule is Cl.NC1(C(=O)NC2CC(=O)N(c3cccc(C(F)(F)F)c3)C2)CCOCC1. The summed E-state index contributed by atoms with van der Waals surface area (Å²) in [4.78, 5) is 25.9. The van der Waals surface area contributed by atoms with Gasteiger partial charge in [0.1, 0.15) is 0 Å². The van der Waals surface area contributed by atoms with Crippen molar-refractivity contribution in [3.05, 3.63) is 29.8 Å². The molecule has 2 heterocycles. The number of rotatable bonds is 3. The molecule has 0 saturated carbocycles. The number of carbonyl (C=O) groups excluding carboxylic acids is 2. The molecule has 1 aromatic carbocycles. The number of carbonyl (C=O) groups is 2. The zero-order valence-corrected chi connectivity index (χ0v) is 15.2. The molecule has 0 aromatic heterocycles. The smallest absolute Gasteiger partial charge is 0.381 e. The van der Waals surface area contributed by atoms with E-state index in [0.29, 0.717) is 26.1 Å². The first-order chi connectivity index (χ1) is 12.2. The Hall–Kier alpha value is -1.84. The number of ether oxygens (including phenoxy) is 1. The van der Waals surface area contributed by atoms with Crippen LogP contribution in [0.5, 0.6) is 0 Å². The normalized spacial score (nSPS) is 22.3. The van der Waals surface area contributed by atoms with Gasteiger partial charge in [0.2, 0.25) is 11.8 Å². The molecule has 6 nitrogen and oxygen atoms in total. The Labute approximate surface area is 160 Å². The molecular weight excluding hydrogens is 387 g/mol. The number of anilines is 1. The van der Waals surface area contributed by atoms with E-state index < -0.39 is 23.3 Å². The average Bonchev–Trinajstić information content (AvgIpc) is 2.95. The van der Waals surface area contributed by atoms with Crippen molar-refractivity contribution in [2.24, 2.45) is 5.73 Å². The first-order valence-corrected chi connectivity index (χ1v) is 8.34. The zero-order valence-electron chi connectivity index (χ0n) is 14.4. The van der Waals surface area contributed by atoms with Gasteiger partial charge in [0.15, 0.2) is 0 Å². The van der Waals surface area contributed by atoms with Gasteiger partial charge in [-0.15, -0.1) is 12.4 Å². The van der Waals surface area contributed by atoms with E-state index in [1.807, 2.05) is 0 Å². The number of nitrogens with one attached hydrogen (secondary N) is 1. The molecule has 2 saturated heterocycles. The first kappa shape index (κ1) is 21.5. The molecule has 3 N–H and O–H groups in total. The Kier molecular flexibility index (Phi) is 6.39. The Balaban J connectivity index is 0.00000261. The fourth-order valence-corrected chi connectivity index (χ4v) is 3.20. The maximum absolute atomic E-state index is 12.9. The second-order valence-electron chi connectivity index (χ2n) is 6.70. The third kappa shape index (κ3) is 4.72. The van der Waals surface area contributed by atoms with Crippen molar-refractivity contribution in [3.8, 4) is 0 Å². The van der Waals surface area contributed by atoms with Gasteiger partial charge >= 0.3 is 6.18 Å². The molecule has 10 heteroatoms. The predicted molar refractivity (Wildman–Crippen MR) is 94.6 cm³/mol. The highest BCUT2D eigenvalue weighted by Gasteiger charge is 2.40. The van der Waals surface area contributed by atoms with Crippen molar-refractivity contribution >= 4 is 29.9 Å². The monoisotopic (exact) mass is 407 g/mol. The minimum Gasteiger partial charge on any atom is -0.381 e. The zero-order chi connectivity index (χ0) is 18.9. The van der Waals surface area contributed by atoms with Crippen molar-refractivity contribution in [3.63, 3.8) is 0 Å². The van der Waals surface area contributed by atoms with Crippen molar-refractivity contribution in [1.82, 2.24) is 5.32 Å². The molecular formula is C17H21ClF3N3O3. The van der Waals surface area contributed by atoms with Crippen LogP contribution in [0.3, 0.4) is 0 Å².